The number of carboxylic acids is 1. The van der Waals surface area contributed by atoms with Crippen LogP contribution in [0.3, 0.4) is 0 Å². The molecule has 38 heavy (non-hydrogen) atoms. The number of fused-ring (bicyclic) bond motifs is 1. The fraction of sp³-hybridized carbons (Fsp3) is 0.0741. The van der Waals surface area contributed by atoms with Crippen LogP contribution in [0.4, 0.5) is 13.2 Å². The lowest BCUT2D eigenvalue weighted by atomic mass is 9.97. The average molecular weight is 542 g/mol. The van der Waals surface area contributed by atoms with Crippen LogP contribution in [0, 0.1) is 0 Å². The summed E-state index contributed by atoms with van der Waals surface area (Å²) in [5, 5.41) is 9.62. The summed E-state index contributed by atoms with van der Waals surface area (Å²) in [6.07, 6.45) is -4.66. The number of alkyl halides is 3. The molecule has 1 heterocycles. The van der Waals surface area contributed by atoms with E-state index in [1.165, 1.54) is 6.07 Å². The van der Waals surface area contributed by atoms with Gasteiger partial charge in [-0.1, -0.05) is 60.7 Å². The molecular weight excluding hydrogens is 525 g/mol. The molecular formula is C27H17F3O7S. The molecule has 7 nitrogen and oxygen atoms in total. The zero-order valence-corrected chi connectivity index (χ0v) is 20.0. The number of carboxylic acid groups (broad SMARTS) is 1. The van der Waals surface area contributed by atoms with E-state index in [9.17, 15) is 31.5 Å². The second-order valence-corrected chi connectivity index (χ2v) is 9.77. The number of rotatable bonds is 6. The maximum atomic E-state index is 13.0. The molecule has 0 amide bonds. The molecule has 1 aliphatic heterocycles. The quantitative estimate of drug-likeness (QED) is 0.306. The van der Waals surface area contributed by atoms with Crippen molar-refractivity contribution in [3.05, 3.63) is 119 Å². The summed E-state index contributed by atoms with van der Waals surface area (Å²) < 4.78 is 82.4. The smallest absolute Gasteiger partial charge is 0.416 e. The molecule has 0 radical (unpaired) electrons. The standard InChI is InChI=1S/C27H17F3O7S/c28-27(29,30)20-11-13-21(14-12-20)38(33,34)37-23-16-17(25(31)32)15-22-24(23)36-26(35-22,18-7-3-1-4-8-18)19-9-5-2-6-10-19/h1-16H,(H,31,32). The minimum Gasteiger partial charge on any atom is -0.478 e. The Morgan fingerprint density at radius 3 is 1.87 bits per heavy atom. The third kappa shape index (κ3) is 4.52. The predicted molar refractivity (Wildman–Crippen MR) is 128 cm³/mol. The van der Waals surface area contributed by atoms with Gasteiger partial charge in [-0.2, -0.15) is 21.6 Å². The summed E-state index contributed by atoms with van der Waals surface area (Å²) in [5.41, 5.74) is -0.356. The van der Waals surface area contributed by atoms with E-state index in [1.54, 1.807) is 60.7 Å². The van der Waals surface area contributed by atoms with Crippen LogP contribution in [0.25, 0.3) is 0 Å². The molecule has 1 aliphatic rings. The van der Waals surface area contributed by atoms with Crippen LogP contribution >= 0.6 is 0 Å². The van der Waals surface area contributed by atoms with E-state index >= 15 is 0 Å². The van der Waals surface area contributed by atoms with Crippen molar-refractivity contribution < 1.29 is 45.1 Å². The van der Waals surface area contributed by atoms with Crippen molar-refractivity contribution in [1.29, 1.82) is 0 Å². The number of aromatic carboxylic acids is 1. The van der Waals surface area contributed by atoms with E-state index in [-0.39, 0.29) is 17.1 Å². The molecule has 0 aliphatic carbocycles. The minimum absolute atomic E-state index is 0.102. The van der Waals surface area contributed by atoms with Gasteiger partial charge in [0.05, 0.1) is 11.1 Å². The Morgan fingerprint density at radius 1 is 0.816 bits per heavy atom. The molecule has 0 unspecified atom stereocenters. The number of benzene rings is 4. The van der Waals surface area contributed by atoms with Gasteiger partial charge in [-0.3, -0.25) is 0 Å². The number of ether oxygens (including phenoxy) is 2. The lowest BCUT2D eigenvalue weighted by Crippen LogP contribution is -2.36. The molecule has 0 saturated heterocycles. The van der Waals surface area contributed by atoms with Gasteiger partial charge in [-0.25, -0.2) is 4.79 Å². The topological polar surface area (TPSA) is 99.1 Å². The van der Waals surface area contributed by atoms with Crippen LogP contribution < -0.4 is 13.7 Å². The molecule has 0 spiro atoms. The van der Waals surface area contributed by atoms with Crippen LogP contribution in [0.2, 0.25) is 0 Å². The Labute approximate surface area is 214 Å². The lowest BCUT2D eigenvalue weighted by Gasteiger charge is -2.28. The maximum Gasteiger partial charge on any atom is 0.416 e. The van der Waals surface area contributed by atoms with Gasteiger partial charge in [0.1, 0.15) is 4.90 Å². The summed E-state index contributed by atoms with van der Waals surface area (Å²) in [5.74, 6) is -3.81. The third-order valence-corrected chi connectivity index (χ3v) is 6.99. The highest BCUT2D eigenvalue weighted by Crippen LogP contribution is 2.53. The Balaban J connectivity index is 1.60. The van der Waals surface area contributed by atoms with Crippen LogP contribution in [0.1, 0.15) is 27.0 Å². The zero-order chi connectivity index (χ0) is 27.1. The molecule has 4 aromatic carbocycles. The van der Waals surface area contributed by atoms with Crippen molar-refractivity contribution in [2.24, 2.45) is 0 Å². The summed E-state index contributed by atoms with van der Waals surface area (Å²) in [6, 6.07) is 22.2. The highest BCUT2D eigenvalue weighted by molar-refractivity contribution is 7.87. The van der Waals surface area contributed by atoms with Crippen molar-refractivity contribution in [2.75, 3.05) is 0 Å². The third-order valence-electron chi connectivity index (χ3n) is 5.74. The summed E-state index contributed by atoms with van der Waals surface area (Å²) in [7, 11) is -4.70. The van der Waals surface area contributed by atoms with Crippen LogP contribution in [0.5, 0.6) is 17.2 Å². The van der Waals surface area contributed by atoms with Gasteiger partial charge < -0.3 is 18.8 Å². The fourth-order valence-electron chi connectivity index (χ4n) is 3.95. The van der Waals surface area contributed by atoms with E-state index < -0.39 is 44.3 Å². The molecule has 1 N–H and O–H groups in total. The average Bonchev–Trinajstić information content (AvgIpc) is 3.30. The Hall–Kier alpha value is -4.51. The summed E-state index contributed by atoms with van der Waals surface area (Å²) >= 11 is 0. The Morgan fingerprint density at radius 2 is 1.37 bits per heavy atom. The SMILES string of the molecule is O=C(O)c1cc2c(c(OS(=O)(=O)c3ccc(C(F)(F)F)cc3)c1)OC(c1ccccc1)(c1ccccc1)O2. The van der Waals surface area contributed by atoms with Crippen molar-refractivity contribution >= 4 is 16.1 Å². The van der Waals surface area contributed by atoms with Crippen LogP contribution in [0.15, 0.2) is 102 Å². The highest BCUT2D eigenvalue weighted by Gasteiger charge is 2.47. The Kier molecular flexibility index (Phi) is 6.03. The highest BCUT2D eigenvalue weighted by atomic mass is 32.2. The first-order valence-corrected chi connectivity index (χ1v) is 12.4. The van der Waals surface area contributed by atoms with Gasteiger partial charge in [-0.05, 0) is 30.3 Å². The first-order chi connectivity index (χ1) is 18.0. The lowest BCUT2D eigenvalue weighted by molar-refractivity contribution is -0.137. The number of carbonyl (C=O) groups is 1. The van der Waals surface area contributed by atoms with Crippen LogP contribution in [-0.2, 0) is 22.1 Å². The molecule has 0 aromatic heterocycles. The van der Waals surface area contributed by atoms with Gasteiger partial charge in [0.25, 0.3) is 0 Å². The number of halogens is 3. The van der Waals surface area contributed by atoms with Gasteiger partial charge in [0.2, 0.25) is 5.75 Å². The van der Waals surface area contributed by atoms with Crippen molar-refractivity contribution in [3.63, 3.8) is 0 Å². The normalized spacial score (nSPS) is 14.2. The minimum atomic E-state index is -4.70. The van der Waals surface area contributed by atoms with Crippen LogP contribution in [-0.4, -0.2) is 19.5 Å². The van der Waals surface area contributed by atoms with Gasteiger partial charge in [0.15, 0.2) is 11.5 Å². The van der Waals surface area contributed by atoms with Gasteiger partial charge in [-0.15, -0.1) is 0 Å². The van der Waals surface area contributed by atoms with Gasteiger partial charge >= 0.3 is 28.1 Å². The molecule has 5 rings (SSSR count). The van der Waals surface area contributed by atoms with E-state index in [1.807, 2.05) is 0 Å². The van der Waals surface area contributed by atoms with E-state index in [4.69, 9.17) is 13.7 Å². The molecule has 11 heteroatoms. The molecule has 194 valence electrons. The second-order valence-electron chi connectivity index (χ2n) is 8.22. The fourth-order valence-corrected chi connectivity index (χ4v) is 4.88. The Bertz CT molecular complexity index is 1560. The summed E-state index contributed by atoms with van der Waals surface area (Å²) in [6.45, 7) is 0. The first-order valence-electron chi connectivity index (χ1n) is 11.0. The molecule has 0 bridgehead atoms. The summed E-state index contributed by atoms with van der Waals surface area (Å²) in [4.78, 5) is 11.2. The first kappa shape index (κ1) is 25.2. The second kappa shape index (κ2) is 9.10. The van der Waals surface area contributed by atoms with Crippen molar-refractivity contribution in [2.45, 2.75) is 16.9 Å². The largest absolute Gasteiger partial charge is 0.478 e. The van der Waals surface area contributed by atoms with E-state index in [2.05, 4.69) is 0 Å². The van der Waals surface area contributed by atoms with Crippen molar-refractivity contribution in [1.82, 2.24) is 0 Å². The monoisotopic (exact) mass is 542 g/mol. The van der Waals surface area contributed by atoms with E-state index in [0.717, 1.165) is 18.2 Å². The molecule has 4 aromatic rings. The number of hydrogen-bond donors (Lipinski definition) is 1. The predicted octanol–water partition coefficient (Wildman–Crippen LogP) is 5.84. The molecule has 0 atom stereocenters. The van der Waals surface area contributed by atoms with Crippen molar-refractivity contribution in [3.8, 4) is 17.2 Å². The molecule has 0 fully saturated rings. The number of hydrogen-bond acceptors (Lipinski definition) is 6. The maximum absolute atomic E-state index is 13.0. The zero-order valence-electron chi connectivity index (χ0n) is 19.2. The van der Waals surface area contributed by atoms with Gasteiger partial charge in [0, 0.05) is 17.2 Å². The van der Waals surface area contributed by atoms with E-state index in [0.29, 0.717) is 23.3 Å². The molecule has 0 saturated carbocycles.